The molecule has 2 N–H and O–H groups in total. The highest BCUT2D eigenvalue weighted by Crippen LogP contribution is 2.17. The number of hydrogen-bond acceptors (Lipinski definition) is 2. The predicted octanol–water partition coefficient (Wildman–Crippen LogP) is 15.6. The van der Waals surface area contributed by atoms with E-state index in [1.165, 1.54) is 27.4 Å². The molecule has 5 rings (SSSR count). The molecule has 0 aliphatic heterocycles. The molecule has 0 fully saturated rings. The van der Waals surface area contributed by atoms with Gasteiger partial charge in [0.25, 0.3) is 0 Å². The maximum atomic E-state index is 4.21. The molecule has 0 spiro atoms. The van der Waals surface area contributed by atoms with Crippen molar-refractivity contribution in [3.05, 3.63) is 96.7 Å². The van der Waals surface area contributed by atoms with Gasteiger partial charge in [-0.05, 0) is 75.9 Å². The highest BCUT2D eigenvalue weighted by molar-refractivity contribution is 5.81. The van der Waals surface area contributed by atoms with Gasteiger partial charge in [-0.25, -0.2) is 0 Å². The van der Waals surface area contributed by atoms with Crippen LogP contribution in [-0.4, -0.2) is 20.2 Å². The first-order valence-electron chi connectivity index (χ1n) is 17.3. The fraction of sp³-hybridized carbons (Fsp3) is 0.556. The zero-order valence-corrected chi connectivity index (χ0v) is 32.4. The minimum atomic E-state index is 0. The smallest absolute Gasteiger partial charge is 0.0650 e. The third-order valence-electron chi connectivity index (χ3n) is 4.84. The van der Waals surface area contributed by atoms with Gasteiger partial charge >= 0.3 is 0 Å². The van der Waals surface area contributed by atoms with Crippen molar-refractivity contribution >= 4 is 21.7 Å². The molecular formula is C45H82N4. The highest BCUT2D eigenvalue weighted by atomic mass is 15.1. The number of fused-ring (bicyclic) bond motifs is 2. The Morgan fingerprint density at radius 2 is 0.918 bits per heavy atom. The molecule has 0 saturated heterocycles. The Labute approximate surface area is 306 Å². The lowest BCUT2D eigenvalue weighted by atomic mass is 10.1. The first-order valence-corrected chi connectivity index (χ1v) is 17.3. The summed E-state index contributed by atoms with van der Waals surface area (Å²) >= 11 is 0. The van der Waals surface area contributed by atoms with Crippen LogP contribution in [0.5, 0.6) is 0 Å². The molecule has 0 amide bonds. The second-order valence-electron chi connectivity index (χ2n) is 14.8. The van der Waals surface area contributed by atoms with Gasteiger partial charge in [-0.1, -0.05) is 176 Å². The number of nitrogens with zero attached hydrogens (tertiary/aromatic N) is 2. The van der Waals surface area contributed by atoms with Gasteiger partial charge in [0.1, 0.15) is 0 Å². The van der Waals surface area contributed by atoms with Crippen LogP contribution in [0.2, 0.25) is 0 Å². The van der Waals surface area contributed by atoms with Crippen LogP contribution in [0.1, 0.15) is 156 Å². The normalized spacial score (nSPS) is 9.43. The van der Waals surface area contributed by atoms with Crippen molar-refractivity contribution in [2.75, 3.05) is 0 Å². The molecule has 5 aromatic rings. The van der Waals surface area contributed by atoms with E-state index in [1.54, 1.807) is 0 Å². The van der Waals surface area contributed by atoms with Crippen molar-refractivity contribution in [1.29, 1.82) is 0 Å². The number of nitrogens with one attached hydrogen (secondary N) is 2. The standard InChI is InChI=1S/C9H16N2.C9H7N.C8H7N.4C4H10.3CH4/c1-6(2)8-5-9(7(3)4)11-10-8;1-2-4-9-7-10-6-5-8(9)3-1;1-2-4-8-7(3-1)5-6-9-8;4*1-4(2)3;;;/h5-7H,1-4H3,(H,10,11);1-7H;1-6,9H;4*4H,1-3H3;3*1H4. The Hall–Kier alpha value is -3.40. The molecule has 0 radical (unpaired) electrons. The first-order chi connectivity index (χ1) is 21.5. The summed E-state index contributed by atoms with van der Waals surface area (Å²) in [6, 6.07) is 22.6. The molecule has 0 aliphatic carbocycles. The van der Waals surface area contributed by atoms with Gasteiger partial charge in [0.15, 0.2) is 0 Å². The van der Waals surface area contributed by atoms with Crippen molar-refractivity contribution in [2.45, 2.75) is 145 Å². The van der Waals surface area contributed by atoms with Crippen LogP contribution in [0.3, 0.4) is 0 Å². The topological polar surface area (TPSA) is 57.4 Å². The Morgan fingerprint density at radius 3 is 1.29 bits per heavy atom. The molecule has 282 valence electrons. The number of benzene rings is 2. The average molecular weight is 679 g/mol. The molecule has 3 heterocycles. The van der Waals surface area contributed by atoms with E-state index in [2.05, 4.69) is 167 Å². The third-order valence-corrected chi connectivity index (χ3v) is 4.84. The van der Waals surface area contributed by atoms with Gasteiger partial charge in [-0.15, -0.1) is 0 Å². The quantitative estimate of drug-likeness (QED) is 0.195. The Balaban J connectivity index is -0.000000160. The van der Waals surface area contributed by atoms with Crippen LogP contribution in [0.25, 0.3) is 21.7 Å². The van der Waals surface area contributed by atoms with E-state index in [9.17, 15) is 0 Å². The summed E-state index contributed by atoms with van der Waals surface area (Å²) in [5, 5.41) is 11.0. The van der Waals surface area contributed by atoms with Crippen LogP contribution >= 0.6 is 0 Å². The number of hydrogen-bond donors (Lipinski definition) is 2. The molecule has 4 nitrogen and oxygen atoms in total. The molecule has 0 saturated carbocycles. The van der Waals surface area contributed by atoms with Crippen molar-refractivity contribution in [3.63, 3.8) is 0 Å². The molecule has 0 unspecified atom stereocenters. The summed E-state index contributed by atoms with van der Waals surface area (Å²) in [5.74, 6) is 4.41. The summed E-state index contributed by atoms with van der Waals surface area (Å²) in [6.07, 6.45) is 5.63. The zero-order chi connectivity index (χ0) is 35.7. The minimum Gasteiger partial charge on any atom is -0.361 e. The van der Waals surface area contributed by atoms with Crippen LogP contribution in [0.15, 0.2) is 85.3 Å². The van der Waals surface area contributed by atoms with E-state index in [0.29, 0.717) is 11.8 Å². The van der Waals surface area contributed by atoms with Crippen LogP contribution in [0, 0.1) is 23.7 Å². The van der Waals surface area contributed by atoms with Gasteiger partial charge in [0, 0.05) is 29.8 Å². The van der Waals surface area contributed by atoms with E-state index >= 15 is 0 Å². The first kappa shape index (κ1) is 55.0. The maximum Gasteiger partial charge on any atom is 0.0650 e. The molecular weight excluding hydrogens is 597 g/mol. The van der Waals surface area contributed by atoms with E-state index < -0.39 is 0 Å². The predicted molar refractivity (Wildman–Crippen MR) is 229 cm³/mol. The second-order valence-corrected chi connectivity index (χ2v) is 14.8. The summed E-state index contributed by atoms with van der Waals surface area (Å²) < 4.78 is 0. The number of rotatable bonds is 2. The Bertz CT molecular complexity index is 1200. The van der Waals surface area contributed by atoms with Gasteiger partial charge in [-0.3, -0.25) is 10.1 Å². The van der Waals surface area contributed by atoms with Gasteiger partial charge in [-0.2, -0.15) is 5.10 Å². The van der Waals surface area contributed by atoms with Crippen molar-refractivity contribution in [2.24, 2.45) is 23.7 Å². The van der Waals surface area contributed by atoms with Crippen LogP contribution < -0.4 is 0 Å². The third kappa shape index (κ3) is 34.3. The van der Waals surface area contributed by atoms with Crippen molar-refractivity contribution < 1.29 is 0 Å². The molecule has 0 bridgehead atoms. The summed E-state index contributed by atoms with van der Waals surface area (Å²) in [5.41, 5.74) is 3.60. The number of aromatic amines is 2. The van der Waals surface area contributed by atoms with Crippen molar-refractivity contribution in [3.8, 4) is 0 Å². The molecule has 0 atom stereocenters. The number of H-pyrrole nitrogens is 2. The monoisotopic (exact) mass is 679 g/mol. The fourth-order valence-electron chi connectivity index (χ4n) is 2.97. The zero-order valence-electron chi connectivity index (χ0n) is 32.4. The largest absolute Gasteiger partial charge is 0.361 e. The Morgan fingerprint density at radius 1 is 0.490 bits per heavy atom. The molecule has 4 heteroatoms. The number of para-hydroxylation sites is 1. The van der Waals surface area contributed by atoms with Crippen molar-refractivity contribution in [1.82, 2.24) is 20.2 Å². The average Bonchev–Trinajstić information content (AvgIpc) is 3.63. The summed E-state index contributed by atoms with van der Waals surface area (Å²) in [6.45, 7) is 34.6. The second kappa shape index (κ2) is 33.1. The molecule has 0 aliphatic rings. The van der Waals surface area contributed by atoms with Crippen LogP contribution in [0.4, 0.5) is 0 Å². The van der Waals surface area contributed by atoms with E-state index in [4.69, 9.17) is 0 Å². The van der Waals surface area contributed by atoms with E-state index in [-0.39, 0.29) is 22.3 Å². The summed E-state index contributed by atoms with van der Waals surface area (Å²) in [4.78, 5) is 7.13. The van der Waals surface area contributed by atoms with Gasteiger partial charge in [0.05, 0.1) is 5.69 Å². The van der Waals surface area contributed by atoms with E-state index in [1.807, 2.05) is 48.9 Å². The van der Waals surface area contributed by atoms with Gasteiger partial charge < -0.3 is 4.98 Å². The lowest BCUT2D eigenvalue weighted by Gasteiger charge is -1.97. The summed E-state index contributed by atoms with van der Waals surface area (Å²) in [7, 11) is 0. The minimum absolute atomic E-state index is 0. The lowest BCUT2D eigenvalue weighted by Crippen LogP contribution is -1.85. The molecule has 2 aromatic carbocycles. The molecule has 49 heavy (non-hydrogen) atoms. The van der Waals surface area contributed by atoms with Crippen LogP contribution in [-0.2, 0) is 0 Å². The fourth-order valence-corrected chi connectivity index (χ4v) is 2.97. The maximum absolute atomic E-state index is 4.21. The Kier molecular flexibility index (Phi) is 37.2. The SMILES string of the molecule is C.C.C.CC(C)C.CC(C)C.CC(C)C.CC(C)C.CC(C)c1cc(C(C)C)[nH]n1.c1ccc2[nH]ccc2c1.c1ccc2cnccc2c1. The number of pyridine rings is 1. The van der Waals surface area contributed by atoms with E-state index in [0.717, 1.165) is 29.4 Å². The molecule has 3 aromatic heterocycles. The number of aromatic nitrogens is 4. The van der Waals surface area contributed by atoms with Gasteiger partial charge in [0.2, 0.25) is 0 Å². The highest BCUT2D eigenvalue weighted by Gasteiger charge is 2.06. The lowest BCUT2D eigenvalue weighted by molar-refractivity contribution is 0.736.